The number of hydrogen-bond acceptors (Lipinski definition) is 2. The van der Waals surface area contributed by atoms with Crippen LogP contribution < -0.4 is 5.73 Å². The van der Waals surface area contributed by atoms with E-state index < -0.39 is 0 Å². The van der Waals surface area contributed by atoms with Crippen molar-refractivity contribution in [1.82, 2.24) is 4.90 Å². The molecule has 0 aromatic heterocycles. The van der Waals surface area contributed by atoms with Gasteiger partial charge in [-0.05, 0) is 32.1 Å². The molecule has 1 saturated heterocycles. The van der Waals surface area contributed by atoms with Gasteiger partial charge in [-0.15, -0.1) is 0 Å². The number of carbonyl (C=O) groups is 1. The maximum Gasteiger partial charge on any atom is 0.239 e. The predicted octanol–water partition coefficient (Wildman–Crippen LogP) is 1.05. The molecule has 0 bridgehead atoms. The fourth-order valence-electron chi connectivity index (χ4n) is 2.23. The third kappa shape index (κ3) is 1.98. The first-order chi connectivity index (χ1) is 6.77. The summed E-state index contributed by atoms with van der Waals surface area (Å²) in [5.41, 5.74) is 7.17. The summed E-state index contributed by atoms with van der Waals surface area (Å²) in [6.07, 6.45) is 7.95. The van der Waals surface area contributed by atoms with Crippen LogP contribution in [0.5, 0.6) is 0 Å². The Kier molecular flexibility index (Phi) is 2.87. The number of rotatable bonds is 3. The lowest BCUT2D eigenvalue weighted by Crippen LogP contribution is -2.34. The molecule has 1 aliphatic carbocycles. The molecule has 78 valence electrons. The maximum absolute atomic E-state index is 11.5. The second kappa shape index (κ2) is 4.13. The number of nitrogens with two attached hydrogens (primary N) is 1. The van der Waals surface area contributed by atoms with E-state index in [9.17, 15) is 4.79 Å². The third-order valence-corrected chi connectivity index (χ3v) is 3.18. The molecule has 1 aliphatic heterocycles. The molecule has 0 aromatic carbocycles. The van der Waals surface area contributed by atoms with E-state index in [2.05, 4.69) is 6.08 Å². The SMILES string of the molecule is NC1CCN(CCC2=CCCC2)C1=O. The minimum Gasteiger partial charge on any atom is -0.341 e. The van der Waals surface area contributed by atoms with Gasteiger partial charge in [-0.1, -0.05) is 11.6 Å². The minimum absolute atomic E-state index is 0.142. The molecule has 2 N–H and O–H groups in total. The summed E-state index contributed by atoms with van der Waals surface area (Å²) in [6.45, 7) is 1.73. The molecule has 1 fully saturated rings. The van der Waals surface area contributed by atoms with Crippen molar-refractivity contribution in [3.63, 3.8) is 0 Å². The largest absolute Gasteiger partial charge is 0.341 e. The van der Waals surface area contributed by atoms with Gasteiger partial charge in [0.05, 0.1) is 6.04 Å². The second-order valence-electron chi connectivity index (χ2n) is 4.23. The average molecular weight is 194 g/mol. The lowest BCUT2D eigenvalue weighted by Gasteiger charge is -2.15. The van der Waals surface area contributed by atoms with Crippen molar-refractivity contribution < 1.29 is 4.79 Å². The first-order valence-corrected chi connectivity index (χ1v) is 5.49. The van der Waals surface area contributed by atoms with E-state index in [0.29, 0.717) is 0 Å². The number of nitrogens with zero attached hydrogens (tertiary/aromatic N) is 1. The van der Waals surface area contributed by atoms with E-state index in [1.54, 1.807) is 0 Å². The van der Waals surface area contributed by atoms with Crippen molar-refractivity contribution in [2.24, 2.45) is 5.73 Å². The maximum atomic E-state index is 11.5. The Balaban J connectivity index is 1.78. The van der Waals surface area contributed by atoms with E-state index in [4.69, 9.17) is 5.73 Å². The highest BCUT2D eigenvalue weighted by Crippen LogP contribution is 2.21. The molecule has 0 radical (unpaired) electrons. The van der Waals surface area contributed by atoms with Crippen molar-refractivity contribution >= 4 is 5.91 Å². The predicted molar refractivity (Wildman–Crippen MR) is 55.7 cm³/mol. The second-order valence-corrected chi connectivity index (χ2v) is 4.23. The zero-order chi connectivity index (χ0) is 9.97. The third-order valence-electron chi connectivity index (χ3n) is 3.18. The number of hydrogen-bond donors (Lipinski definition) is 1. The van der Waals surface area contributed by atoms with Crippen molar-refractivity contribution in [2.75, 3.05) is 13.1 Å². The highest BCUT2D eigenvalue weighted by atomic mass is 16.2. The molecule has 0 spiro atoms. The summed E-state index contributed by atoms with van der Waals surface area (Å²) in [5, 5.41) is 0. The van der Waals surface area contributed by atoms with Crippen LogP contribution in [0.25, 0.3) is 0 Å². The Labute approximate surface area is 84.9 Å². The number of carbonyl (C=O) groups excluding carboxylic acids is 1. The summed E-state index contributed by atoms with van der Waals surface area (Å²) in [4.78, 5) is 13.4. The molecule has 0 aromatic rings. The molecular weight excluding hydrogens is 176 g/mol. The van der Waals surface area contributed by atoms with E-state index >= 15 is 0 Å². The quantitative estimate of drug-likeness (QED) is 0.682. The highest BCUT2D eigenvalue weighted by molar-refractivity contribution is 5.83. The van der Waals surface area contributed by atoms with Gasteiger partial charge < -0.3 is 10.6 Å². The van der Waals surface area contributed by atoms with Gasteiger partial charge in [0, 0.05) is 13.1 Å². The van der Waals surface area contributed by atoms with Gasteiger partial charge in [0.1, 0.15) is 0 Å². The Hall–Kier alpha value is -0.830. The van der Waals surface area contributed by atoms with E-state index in [-0.39, 0.29) is 11.9 Å². The fraction of sp³-hybridized carbons (Fsp3) is 0.727. The smallest absolute Gasteiger partial charge is 0.239 e. The van der Waals surface area contributed by atoms with Crippen LogP contribution in [0.1, 0.15) is 32.1 Å². The summed E-state index contributed by atoms with van der Waals surface area (Å²) < 4.78 is 0. The van der Waals surface area contributed by atoms with Crippen molar-refractivity contribution in [3.05, 3.63) is 11.6 Å². The summed E-state index contributed by atoms with van der Waals surface area (Å²) >= 11 is 0. The summed E-state index contributed by atoms with van der Waals surface area (Å²) in [6, 6.07) is -0.229. The molecule has 1 unspecified atom stereocenters. The summed E-state index contributed by atoms with van der Waals surface area (Å²) in [7, 11) is 0. The van der Waals surface area contributed by atoms with Crippen molar-refractivity contribution in [2.45, 2.75) is 38.1 Å². The van der Waals surface area contributed by atoms with Gasteiger partial charge in [-0.2, -0.15) is 0 Å². The Bertz CT molecular complexity index is 260. The average Bonchev–Trinajstić information content (AvgIpc) is 2.77. The van der Waals surface area contributed by atoms with Crippen molar-refractivity contribution in [3.8, 4) is 0 Å². The summed E-state index contributed by atoms with van der Waals surface area (Å²) in [5.74, 6) is 0.142. The first-order valence-electron chi connectivity index (χ1n) is 5.49. The molecule has 2 aliphatic rings. The van der Waals surface area contributed by atoms with Gasteiger partial charge in [-0.3, -0.25) is 4.79 Å². The molecule has 1 heterocycles. The molecule has 2 rings (SSSR count). The first kappa shape index (κ1) is 9.71. The zero-order valence-corrected chi connectivity index (χ0v) is 8.54. The molecule has 1 atom stereocenters. The van der Waals surface area contributed by atoms with Gasteiger partial charge in [-0.25, -0.2) is 0 Å². The van der Waals surface area contributed by atoms with E-state index in [1.165, 1.54) is 24.8 Å². The van der Waals surface area contributed by atoms with Crippen LogP contribution in [0.15, 0.2) is 11.6 Å². The normalized spacial score (nSPS) is 27.2. The lowest BCUT2D eigenvalue weighted by atomic mass is 10.1. The van der Waals surface area contributed by atoms with Gasteiger partial charge in [0.25, 0.3) is 0 Å². The van der Waals surface area contributed by atoms with Crippen LogP contribution >= 0.6 is 0 Å². The van der Waals surface area contributed by atoms with Crippen LogP contribution in [0.4, 0.5) is 0 Å². The molecule has 14 heavy (non-hydrogen) atoms. The Morgan fingerprint density at radius 1 is 1.57 bits per heavy atom. The number of allylic oxidation sites excluding steroid dienone is 1. The number of likely N-dealkylation sites (tertiary alicyclic amines) is 1. The van der Waals surface area contributed by atoms with Gasteiger partial charge in [0.15, 0.2) is 0 Å². The van der Waals surface area contributed by atoms with Crippen molar-refractivity contribution in [1.29, 1.82) is 0 Å². The monoisotopic (exact) mass is 194 g/mol. The molecule has 0 saturated carbocycles. The number of amides is 1. The molecule has 3 nitrogen and oxygen atoms in total. The molecule has 3 heteroatoms. The Morgan fingerprint density at radius 2 is 2.43 bits per heavy atom. The van der Waals surface area contributed by atoms with Gasteiger partial charge >= 0.3 is 0 Å². The van der Waals surface area contributed by atoms with Crippen LogP contribution in [0.2, 0.25) is 0 Å². The highest BCUT2D eigenvalue weighted by Gasteiger charge is 2.27. The lowest BCUT2D eigenvalue weighted by molar-refractivity contribution is -0.128. The zero-order valence-electron chi connectivity index (χ0n) is 8.54. The van der Waals surface area contributed by atoms with Crippen LogP contribution in [0.3, 0.4) is 0 Å². The molecular formula is C11H18N2O. The van der Waals surface area contributed by atoms with Gasteiger partial charge in [0.2, 0.25) is 5.91 Å². The topological polar surface area (TPSA) is 46.3 Å². The minimum atomic E-state index is -0.229. The molecule has 1 amide bonds. The van der Waals surface area contributed by atoms with E-state index in [0.717, 1.165) is 25.9 Å². The fourth-order valence-corrected chi connectivity index (χ4v) is 2.23. The Morgan fingerprint density at radius 3 is 3.00 bits per heavy atom. The van der Waals surface area contributed by atoms with Crippen LogP contribution in [0, 0.1) is 0 Å². The van der Waals surface area contributed by atoms with Crippen LogP contribution in [-0.4, -0.2) is 29.9 Å². The van der Waals surface area contributed by atoms with E-state index in [1.807, 2.05) is 4.90 Å². The van der Waals surface area contributed by atoms with Crippen LogP contribution in [-0.2, 0) is 4.79 Å². The standard InChI is InChI=1S/C11H18N2O/c12-10-6-8-13(11(10)14)7-5-9-3-1-2-4-9/h3,10H,1-2,4-8,12H2.